The van der Waals surface area contributed by atoms with Crippen LogP contribution >= 0.6 is 0 Å². The Balaban J connectivity index is 0. The van der Waals surface area contributed by atoms with Crippen molar-refractivity contribution in [2.75, 3.05) is 13.1 Å². The van der Waals surface area contributed by atoms with Crippen LogP contribution < -0.4 is 5.32 Å². The summed E-state index contributed by atoms with van der Waals surface area (Å²) in [6.45, 7) is 17.9. The first-order valence-electron chi connectivity index (χ1n) is 18.3. The van der Waals surface area contributed by atoms with Gasteiger partial charge in [-0.15, -0.1) is 13.2 Å². The second kappa shape index (κ2) is 37.7. The van der Waals surface area contributed by atoms with E-state index >= 15 is 0 Å². The minimum Gasteiger partial charge on any atom is -0.317 e. The highest BCUT2D eigenvalue weighted by Crippen LogP contribution is 2.15. The third-order valence-corrected chi connectivity index (χ3v) is 8.27. The van der Waals surface area contributed by atoms with E-state index in [-0.39, 0.29) is 0 Å². The largest absolute Gasteiger partial charge is 0.317 e. The average Bonchev–Trinajstić information content (AvgIpc) is 2.92. The van der Waals surface area contributed by atoms with Gasteiger partial charge >= 0.3 is 0 Å². The first kappa shape index (κ1) is 40.8. The van der Waals surface area contributed by atoms with E-state index in [9.17, 15) is 0 Å². The van der Waals surface area contributed by atoms with Crippen LogP contribution in [0.15, 0.2) is 13.2 Å². The Kier molecular flexibility index (Phi) is 39.5. The minimum absolute atomic E-state index is 0.893. The van der Waals surface area contributed by atoms with Crippen LogP contribution in [0, 0.1) is 11.8 Å². The van der Waals surface area contributed by atoms with Gasteiger partial charge in [-0.2, -0.15) is 0 Å². The van der Waals surface area contributed by atoms with E-state index in [1.165, 1.54) is 193 Å². The first-order chi connectivity index (χ1) is 19.1. The summed E-state index contributed by atoms with van der Waals surface area (Å²) in [6.07, 6.45) is 40.8. The molecule has 1 nitrogen and oxygen atoms in total. The van der Waals surface area contributed by atoms with Gasteiger partial charge in [0.05, 0.1) is 0 Å². The average molecular weight is 550 g/mol. The predicted molar refractivity (Wildman–Crippen MR) is 183 cm³/mol. The number of nitrogens with one attached hydrogen (secondary N) is 1. The second-order valence-corrected chi connectivity index (χ2v) is 13.3. The summed E-state index contributed by atoms with van der Waals surface area (Å²) < 4.78 is 0. The molecule has 0 aliphatic carbocycles. The third-order valence-electron chi connectivity index (χ3n) is 8.27. The number of rotatable bonds is 32. The Morgan fingerprint density at radius 1 is 0.308 bits per heavy atom. The zero-order valence-corrected chi connectivity index (χ0v) is 28.3. The normalized spacial score (nSPS) is 11.3. The van der Waals surface area contributed by atoms with Crippen LogP contribution in [0.5, 0.6) is 0 Å². The lowest BCUT2D eigenvalue weighted by Crippen LogP contribution is -2.16. The monoisotopic (exact) mass is 550 g/mol. The fraction of sp³-hybridized carbons (Fsp3) is 0.947. The summed E-state index contributed by atoms with van der Waals surface area (Å²) in [5, 5.41) is 3.68. The zero-order chi connectivity index (χ0) is 29.1. The van der Waals surface area contributed by atoms with Crippen LogP contribution in [0.2, 0.25) is 0 Å². The van der Waals surface area contributed by atoms with Crippen LogP contribution in [0.4, 0.5) is 0 Å². The molecule has 0 aromatic heterocycles. The van der Waals surface area contributed by atoms with Crippen molar-refractivity contribution in [2.24, 2.45) is 11.8 Å². The fourth-order valence-electron chi connectivity index (χ4n) is 5.62. The van der Waals surface area contributed by atoms with Crippen LogP contribution in [-0.4, -0.2) is 13.1 Å². The highest BCUT2D eigenvalue weighted by molar-refractivity contribution is 4.54. The molecular formula is C38H79N. The summed E-state index contributed by atoms with van der Waals surface area (Å²) in [4.78, 5) is 0. The Morgan fingerprint density at radius 3 is 0.692 bits per heavy atom. The number of hydrogen-bond donors (Lipinski definition) is 1. The molecule has 0 atom stereocenters. The smallest absolute Gasteiger partial charge is 0.00489 e. The van der Waals surface area contributed by atoms with Gasteiger partial charge in [0, 0.05) is 0 Å². The molecule has 0 fully saturated rings. The van der Waals surface area contributed by atoms with Crippen molar-refractivity contribution in [3.63, 3.8) is 0 Å². The zero-order valence-electron chi connectivity index (χ0n) is 28.3. The molecular weight excluding hydrogens is 470 g/mol. The lowest BCUT2D eigenvalue weighted by Gasteiger charge is -2.06. The molecule has 0 spiro atoms. The minimum atomic E-state index is 0.893. The summed E-state index contributed by atoms with van der Waals surface area (Å²) in [5.41, 5.74) is 0. The predicted octanol–water partition coefficient (Wildman–Crippen LogP) is 13.6. The lowest BCUT2D eigenvalue weighted by atomic mass is 10.0. The molecule has 0 saturated heterocycles. The maximum atomic E-state index is 3.68. The van der Waals surface area contributed by atoms with E-state index in [1.807, 2.05) is 0 Å². The van der Waals surface area contributed by atoms with Gasteiger partial charge in [-0.25, -0.2) is 0 Å². The standard InChI is InChI=1S/C36H75N.C2H4/c1-35(2)31-27-23-19-15-11-7-5-9-13-17-21-25-29-33-37-34-30-26-22-18-14-10-6-8-12-16-20-24-28-32-36(3)4;1-2/h35-37H,5-34H2,1-4H3;1-2H2. The van der Waals surface area contributed by atoms with Gasteiger partial charge < -0.3 is 5.32 Å². The van der Waals surface area contributed by atoms with E-state index in [2.05, 4.69) is 46.2 Å². The third kappa shape index (κ3) is 42.3. The summed E-state index contributed by atoms with van der Waals surface area (Å²) in [7, 11) is 0. The molecule has 0 aliphatic heterocycles. The highest BCUT2D eigenvalue weighted by Gasteiger charge is 1.98. The molecule has 0 bridgehead atoms. The van der Waals surface area contributed by atoms with Crippen molar-refractivity contribution in [1.82, 2.24) is 5.32 Å². The molecule has 1 N–H and O–H groups in total. The Hall–Kier alpha value is -0.300. The van der Waals surface area contributed by atoms with Crippen molar-refractivity contribution in [3.8, 4) is 0 Å². The molecule has 0 aromatic carbocycles. The molecule has 0 rings (SSSR count). The molecule has 1 heteroatoms. The van der Waals surface area contributed by atoms with Gasteiger partial charge in [-0.1, -0.05) is 195 Å². The molecule has 39 heavy (non-hydrogen) atoms. The second-order valence-electron chi connectivity index (χ2n) is 13.3. The Labute approximate surface area is 250 Å². The molecule has 0 amide bonds. The Bertz CT molecular complexity index is 366. The first-order valence-corrected chi connectivity index (χ1v) is 18.3. The highest BCUT2D eigenvalue weighted by atomic mass is 14.8. The topological polar surface area (TPSA) is 12.0 Å². The van der Waals surface area contributed by atoms with E-state index in [1.54, 1.807) is 0 Å². The maximum absolute atomic E-state index is 3.68. The van der Waals surface area contributed by atoms with Crippen LogP contribution in [0.1, 0.15) is 207 Å². The molecule has 0 heterocycles. The van der Waals surface area contributed by atoms with Crippen LogP contribution in [0.25, 0.3) is 0 Å². The molecule has 0 saturated carbocycles. The summed E-state index contributed by atoms with van der Waals surface area (Å²) >= 11 is 0. The molecule has 0 aromatic rings. The summed E-state index contributed by atoms with van der Waals surface area (Å²) in [5.74, 6) is 1.79. The number of unbranched alkanes of at least 4 members (excludes halogenated alkanes) is 24. The number of hydrogen-bond acceptors (Lipinski definition) is 1. The molecule has 0 radical (unpaired) electrons. The Morgan fingerprint density at radius 2 is 0.487 bits per heavy atom. The van der Waals surface area contributed by atoms with Crippen LogP contribution in [-0.2, 0) is 0 Å². The lowest BCUT2D eigenvalue weighted by molar-refractivity contribution is 0.500. The van der Waals surface area contributed by atoms with E-state index in [0.29, 0.717) is 0 Å². The van der Waals surface area contributed by atoms with Gasteiger partial charge in [0.15, 0.2) is 0 Å². The van der Waals surface area contributed by atoms with E-state index in [0.717, 1.165) is 11.8 Å². The van der Waals surface area contributed by atoms with Gasteiger partial charge in [-0.3, -0.25) is 0 Å². The van der Waals surface area contributed by atoms with Gasteiger partial charge in [-0.05, 0) is 37.8 Å². The fourth-order valence-corrected chi connectivity index (χ4v) is 5.62. The SMILES string of the molecule is C=C.CC(C)CCCCCCCCCCCCCCCNCCCCCCCCCCCCCCCC(C)C. The van der Waals surface area contributed by atoms with Gasteiger partial charge in [0.25, 0.3) is 0 Å². The van der Waals surface area contributed by atoms with Crippen molar-refractivity contribution in [2.45, 2.75) is 207 Å². The summed E-state index contributed by atoms with van der Waals surface area (Å²) in [6, 6.07) is 0. The maximum Gasteiger partial charge on any atom is -0.00489 e. The van der Waals surface area contributed by atoms with E-state index in [4.69, 9.17) is 0 Å². The van der Waals surface area contributed by atoms with Crippen molar-refractivity contribution in [1.29, 1.82) is 0 Å². The van der Waals surface area contributed by atoms with E-state index < -0.39 is 0 Å². The van der Waals surface area contributed by atoms with Crippen LogP contribution in [0.3, 0.4) is 0 Å². The van der Waals surface area contributed by atoms with Gasteiger partial charge in [0.1, 0.15) is 0 Å². The van der Waals surface area contributed by atoms with Crippen molar-refractivity contribution >= 4 is 0 Å². The molecule has 236 valence electrons. The molecule has 0 unspecified atom stereocenters. The van der Waals surface area contributed by atoms with Gasteiger partial charge in [0.2, 0.25) is 0 Å². The molecule has 0 aliphatic rings. The quantitative estimate of drug-likeness (QED) is 0.0649. The van der Waals surface area contributed by atoms with Crippen molar-refractivity contribution < 1.29 is 0 Å². The van der Waals surface area contributed by atoms with Crippen molar-refractivity contribution in [3.05, 3.63) is 13.2 Å².